The Kier molecular flexibility index (Phi) is 5.75. The highest BCUT2D eigenvalue weighted by Gasteiger charge is 2.63. The van der Waals surface area contributed by atoms with Gasteiger partial charge in [-0.1, -0.05) is 33.3 Å². The van der Waals surface area contributed by atoms with E-state index < -0.39 is 57.8 Å². The summed E-state index contributed by atoms with van der Waals surface area (Å²) in [5.41, 5.74) is -0.648. The minimum absolute atomic E-state index is 0.0686. The summed E-state index contributed by atoms with van der Waals surface area (Å²) in [6.45, 7) is 8.55. The molecule has 1 fully saturated rings. The summed E-state index contributed by atoms with van der Waals surface area (Å²) in [7, 11) is 0. The van der Waals surface area contributed by atoms with Crippen molar-refractivity contribution in [3.8, 4) is 5.75 Å². The molecule has 0 spiro atoms. The molecule has 0 aromatic heterocycles. The maximum Gasteiger partial charge on any atom is 0.202 e. The van der Waals surface area contributed by atoms with Gasteiger partial charge in [-0.2, -0.15) is 0 Å². The van der Waals surface area contributed by atoms with Crippen LogP contribution in [-0.2, 0) is 27.2 Å². The van der Waals surface area contributed by atoms with Gasteiger partial charge < -0.3 is 20.4 Å². The van der Waals surface area contributed by atoms with Gasteiger partial charge in [0.25, 0.3) is 0 Å². The number of benzene rings is 1. The molecule has 0 heterocycles. The molecule has 4 N–H and O–H groups in total. The number of carbonyl (C=O) groups is 3. The van der Waals surface area contributed by atoms with Crippen molar-refractivity contribution in [2.24, 2.45) is 23.7 Å². The highest BCUT2D eigenvalue weighted by molar-refractivity contribution is 6.24. The van der Waals surface area contributed by atoms with E-state index in [0.717, 1.165) is 24.5 Å². The molecule has 0 bridgehead atoms. The van der Waals surface area contributed by atoms with Gasteiger partial charge in [0.2, 0.25) is 5.78 Å². The first kappa shape index (κ1) is 24.2. The van der Waals surface area contributed by atoms with Gasteiger partial charge in [-0.25, -0.2) is 0 Å². The van der Waals surface area contributed by atoms with E-state index in [1.807, 2.05) is 19.9 Å². The average molecular weight is 469 g/mol. The van der Waals surface area contributed by atoms with Gasteiger partial charge in [0.15, 0.2) is 17.2 Å². The number of carbonyl (C=O) groups excluding carboxylic acids is 3. The second-order valence-electron chi connectivity index (χ2n) is 10.3. The van der Waals surface area contributed by atoms with Gasteiger partial charge in [0.1, 0.15) is 22.8 Å². The standard InChI is InChI=1S/C27H32O7/c1-6-7-14-8-12(4)16-9-15-10-17-18(11(2)3)23(30)19(13(5)28)25(32)27(17,34)26(33)20(15)24(31)21(16)22(14)29/h8,11,15,17-18,29,31-32,34H,6-7,9-10H2,1-5H3. The zero-order valence-corrected chi connectivity index (χ0v) is 20.2. The smallest absolute Gasteiger partial charge is 0.202 e. The van der Waals surface area contributed by atoms with Crippen LogP contribution < -0.4 is 0 Å². The van der Waals surface area contributed by atoms with Crippen LogP contribution in [0.2, 0.25) is 0 Å². The third-order valence-corrected chi connectivity index (χ3v) is 7.90. The first-order valence-electron chi connectivity index (χ1n) is 11.9. The van der Waals surface area contributed by atoms with Crippen molar-refractivity contribution in [1.82, 2.24) is 0 Å². The molecule has 0 saturated heterocycles. The van der Waals surface area contributed by atoms with Crippen LogP contribution in [0.4, 0.5) is 0 Å². The molecule has 1 aromatic rings. The Balaban J connectivity index is 1.98. The molecule has 4 unspecified atom stereocenters. The number of fused-ring (bicyclic) bond motifs is 3. The minimum atomic E-state index is -2.49. The van der Waals surface area contributed by atoms with E-state index in [-0.39, 0.29) is 29.2 Å². The van der Waals surface area contributed by atoms with E-state index >= 15 is 0 Å². The van der Waals surface area contributed by atoms with E-state index in [2.05, 4.69) is 0 Å². The van der Waals surface area contributed by atoms with Gasteiger partial charge in [0, 0.05) is 17.4 Å². The lowest BCUT2D eigenvalue weighted by Gasteiger charge is -2.50. The highest BCUT2D eigenvalue weighted by atomic mass is 16.3. The summed E-state index contributed by atoms with van der Waals surface area (Å²) in [6.07, 6.45) is 1.89. The van der Waals surface area contributed by atoms with Crippen molar-refractivity contribution in [2.45, 2.75) is 65.9 Å². The van der Waals surface area contributed by atoms with Crippen molar-refractivity contribution in [3.05, 3.63) is 45.2 Å². The number of aromatic hydroxyl groups is 1. The number of ketones is 3. The number of aliphatic hydroxyl groups excluding tert-OH is 2. The molecule has 4 atom stereocenters. The van der Waals surface area contributed by atoms with Crippen molar-refractivity contribution in [1.29, 1.82) is 0 Å². The fraction of sp³-hybridized carbons (Fsp3) is 0.519. The monoisotopic (exact) mass is 468 g/mol. The van der Waals surface area contributed by atoms with E-state index in [9.17, 15) is 34.8 Å². The van der Waals surface area contributed by atoms with Crippen LogP contribution in [0.15, 0.2) is 23.0 Å². The summed E-state index contributed by atoms with van der Waals surface area (Å²) in [6, 6.07) is 1.89. The third kappa shape index (κ3) is 3.09. The molecule has 4 rings (SSSR count). The molecule has 3 aliphatic rings. The van der Waals surface area contributed by atoms with Crippen molar-refractivity contribution >= 4 is 23.1 Å². The molecule has 34 heavy (non-hydrogen) atoms. The normalized spacial score (nSPS) is 28.7. The molecule has 1 saturated carbocycles. The Morgan fingerprint density at radius 2 is 1.85 bits per heavy atom. The second-order valence-corrected chi connectivity index (χ2v) is 10.3. The number of phenolic OH excluding ortho intramolecular Hbond substituents is 1. The molecule has 1 aromatic carbocycles. The van der Waals surface area contributed by atoms with E-state index in [0.29, 0.717) is 18.4 Å². The molecular formula is C27H32O7. The number of phenols is 1. The van der Waals surface area contributed by atoms with Crippen molar-refractivity contribution in [2.75, 3.05) is 0 Å². The van der Waals surface area contributed by atoms with E-state index in [1.54, 1.807) is 13.8 Å². The van der Waals surface area contributed by atoms with E-state index in [4.69, 9.17) is 0 Å². The zero-order valence-electron chi connectivity index (χ0n) is 20.2. The zero-order chi connectivity index (χ0) is 25.3. The van der Waals surface area contributed by atoms with Crippen LogP contribution in [-0.4, -0.2) is 43.4 Å². The molecule has 0 amide bonds. The lowest BCUT2D eigenvalue weighted by molar-refractivity contribution is -0.155. The summed E-state index contributed by atoms with van der Waals surface area (Å²) >= 11 is 0. The molecule has 7 heteroatoms. The van der Waals surface area contributed by atoms with Crippen LogP contribution in [0.1, 0.15) is 62.8 Å². The predicted octanol–water partition coefficient (Wildman–Crippen LogP) is 3.67. The Morgan fingerprint density at radius 3 is 2.41 bits per heavy atom. The lowest BCUT2D eigenvalue weighted by atomic mass is 9.54. The predicted molar refractivity (Wildman–Crippen MR) is 125 cm³/mol. The SMILES string of the molecule is CCCc1cc(C)c2c(c1O)C(O)=C1C(=O)C3(O)C(O)=C(C(C)=O)C(=O)C(C(C)C)C3CC1C2. The van der Waals surface area contributed by atoms with Crippen LogP contribution in [0.3, 0.4) is 0 Å². The number of aliphatic hydroxyl groups is 3. The topological polar surface area (TPSA) is 132 Å². The minimum Gasteiger partial charge on any atom is -0.508 e. The number of hydrogen-bond acceptors (Lipinski definition) is 7. The van der Waals surface area contributed by atoms with Gasteiger partial charge in [-0.05, 0) is 61.6 Å². The summed E-state index contributed by atoms with van der Waals surface area (Å²) in [5.74, 6) is -6.19. The fourth-order valence-electron chi connectivity index (χ4n) is 6.37. The maximum atomic E-state index is 13.8. The van der Waals surface area contributed by atoms with Crippen LogP contribution in [0, 0.1) is 30.6 Å². The summed E-state index contributed by atoms with van der Waals surface area (Å²) in [5, 5.41) is 44.8. The van der Waals surface area contributed by atoms with Crippen molar-refractivity contribution < 1.29 is 34.8 Å². The molecule has 0 radical (unpaired) electrons. The Labute approximate surface area is 198 Å². The van der Waals surface area contributed by atoms with Crippen LogP contribution in [0.5, 0.6) is 5.75 Å². The second kappa shape index (κ2) is 8.08. The highest BCUT2D eigenvalue weighted by Crippen LogP contribution is 2.55. The van der Waals surface area contributed by atoms with E-state index in [1.165, 1.54) is 0 Å². The first-order chi connectivity index (χ1) is 15.9. The lowest BCUT2D eigenvalue weighted by Crippen LogP contribution is -2.61. The fourth-order valence-corrected chi connectivity index (χ4v) is 6.37. The summed E-state index contributed by atoms with van der Waals surface area (Å²) in [4.78, 5) is 39.3. The number of hydrogen-bond donors (Lipinski definition) is 4. The number of aryl methyl sites for hydroxylation is 2. The number of allylic oxidation sites excluding steroid dienone is 1. The third-order valence-electron chi connectivity index (χ3n) is 7.90. The molecule has 7 nitrogen and oxygen atoms in total. The van der Waals surface area contributed by atoms with Crippen LogP contribution in [0.25, 0.3) is 5.76 Å². The average Bonchev–Trinajstić information content (AvgIpc) is 2.74. The van der Waals surface area contributed by atoms with Gasteiger partial charge in [0.05, 0.1) is 5.56 Å². The van der Waals surface area contributed by atoms with Gasteiger partial charge in [-0.15, -0.1) is 0 Å². The first-order valence-corrected chi connectivity index (χ1v) is 11.9. The quantitative estimate of drug-likeness (QED) is 0.496. The Bertz CT molecular complexity index is 1190. The Morgan fingerprint density at radius 1 is 1.21 bits per heavy atom. The summed E-state index contributed by atoms with van der Waals surface area (Å²) < 4.78 is 0. The van der Waals surface area contributed by atoms with Gasteiger partial charge in [-0.3, -0.25) is 14.4 Å². The molecule has 3 aliphatic carbocycles. The largest absolute Gasteiger partial charge is 0.508 e. The van der Waals surface area contributed by atoms with Crippen molar-refractivity contribution in [3.63, 3.8) is 0 Å². The molecule has 182 valence electrons. The molecule has 0 aliphatic heterocycles. The van der Waals surface area contributed by atoms with Crippen LogP contribution >= 0.6 is 0 Å². The molecular weight excluding hydrogens is 436 g/mol. The maximum absolute atomic E-state index is 13.8. The van der Waals surface area contributed by atoms with Gasteiger partial charge >= 0.3 is 0 Å². The number of Topliss-reactive ketones (excluding diaryl/α,β-unsaturated/α-hetero) is 3. The number of rotatable bonds is 4. The Hall–Kier alpha value is -2.93.